The van der Waals surface area contributed by atoms with E-state index in [0.717, 1.165) is 43.9 Å². The predicted octanol–water partition coefficient (Wildman–Crippen LogP) is 3.09. The van der Waals surface area contributed by atoms with E-state index in [-0.39, 0.29) is 0 Å². The van der Waals surface area contributed by atoms with Crippen LogP contribution in [0.25, 0.3) is 5.57 Å². The Morgan fingerprint density at radius 1 is 1.32 bits per heavy atom. The first-order valence-corrected chi connectivity index (χ1v) is 9.37. The van der Waals surface area contributed by atoms with Crippen molar-refractivity contribution in [2.75, 3.05) is 26.7 Å². The van der Waals surface area contributed by atoms with Gasteiger partial charge in [-0.1, -0.05) is 26.8 Å². The zero-order valence-electron chi connectivity index (χ0n) is 17.0. The average Bonchev–Trinajstić information content (AvgIpc) is 3.01. The number of aromatic nitrogens is 1. The molecule has 2 rings (SSSR count). The van der Waals surface area contributed by atoms with E-state index in [2.05, 4.69) is 43.8 Å². The summed E-state index contributed by atoms with van der Waals surface area (Å²) in [5.41, 5.74) is 2.13. The Hall–Kier alpha value is -2.61. The fraction of sp³-hybridized carbons (Fsp3) is 0.550. The largest absolute Gasteiger partial charge is 0.478 e. The highest BCUT2D eigenvalue weighted by molar-refractivity contribution is 5.89. The van der Waals surface area contributed by atoms with Gasteiger partial charge in [0.25, 0.3) is 0 Å². The van der Waals surface area contributed by atoms with E-state index in [9.17, 15) is 9.59 Å². The summed E-state index contributed by atoms with van der Waals surface area (Å²) >= 11 is 0. The van der Waals surface area contributed by atoms with E-state index in [4.69, 9.17) is 19.4 Å². The fourth-order valence-electron chi connectivity index (χ4n) is 2.49. The van der Waals surface area contributed by atoms with Gasteiger partial charge in [0.05, 0.1) is 6.61 Å². The Labute approximate surface area is 165 Å². The smallest absolute Gasteiger partial charge is 0.328 e. The molecule has 1 aromatic rings. The molecule has 1 aromatic heterocycles. The van der Waals surface area contributed by atoms with Gasteiger partial charge in [0, 0.05) is 30.8 Å². The minimum Gasteiger partial charge on any atom is -0.478 e. The van der Waals surface area contributed by atoms with Gasteiger partial charge >= 0.3 is 17.9 Å². The lowest BCUT2D eigenvalue weighted by Gasteiger charge is -2.20. The van der Waals surface area contributed by atoms with Gasteiger partial charge in [-0.05, 0) is 32.2 Å². The molecule has 0 saturated carbocycles. The summed E-state index contributed by atoms with van der Waals surface area (Å²) in [5.74, 6) is -0.622. The molecule has 8 nitrogen and oxygen atoms in total. The van der Waals surface area contributed by atoms with Gasteiger partial charge < -0.3 is 24.3 Å². The van der Waals surface area contributed by atoms with Gasteiger partial charge in [0.2, 0.25) is 5.89 Å². The average molecular weight is 394 g/mol. The molecule has 0 atom stereocenters. The molecule has 8 heteroatoms. The number of carboxylic acid groups (broad SMARTS) is 2. The molecule has 1 aliphatic rings. The normalized spacial score (nSPS) is 14.5. The maximum Gasteiger partial charge on any atom is 0.328 e. The Morgan fingerprint density at radius 2 is 1.96 bits per heavy atom. The molecular weight excluding hydrogens is 364 g/mol. The second kappa shape index (κ2) is 12.0. The first-order chi connectivity index (χ1) is 13.2. The highest BCUT2D eigenvalue weighted by Gasteiger charge is 2.20. The van der Waals surface area contributed by atoms with Crippen LogP contribution in [0.4, 0.5) is 0 Å². The number of rotatable bonds is 8. The minimum absolute atomic E-state index is 0.542. The van der Waals surface area contributed by atoms with Crippen molar-refractivity contribution in [3.05, 3.63) is 29.8 Å². The van der Waals surface area contributed by atoms with Crippen molar-refractivity contribution >= 4 is 17.5 Å². The number of likely N-dealkylation sites (N-methyl/N-ethyl adjacent to an activating group) is 1. The van der Waals surface area contributed by atoms with Crippen LogP contribution >= 0.6 is 0 Å². The number of aliphatic carboxylic acids is 2. The topological polar surface area (TPSA) is 113 Å². The van der Waals surface area contributed by atoms with E-state index >= 15 is 0 Å². The highest BCUT2D eigenvalue weighted by Crippen LogP contribution is 2.28. The third-order valence-corrected chi connectivity index (χ3v) is 3.69. The van der Waals surface area contributed by atoms with Crippen molar-refractivity contribution < 1.29 is 29.0 Å². The van der Waals surface area contributed by atoms with Crippen molar-refractivity contribution in [1.29, 1.82) is 0 Å². The number of oxazole rings is 1. The molecule has 0 saturated heterocycles. The van der Waals surface area contributed by atoms with Crippen molar-refractivity contribution in [3.8, 4) is 5.95 Å². The third-order valence-electron chi connectivity index (χ3n) is 3.69. The predicted molar refractivity (Wildman–Crippen MR) is 105 cm³/mol. The van der Waals surface area contributed by atoms with Crippen LogP contribution in [0, 0.1) is 5.92 Å². The molecule has 2 N–H and O–H groups in total. The first-order valence-electron chi connectivity index (χ1n) is 9.37. The minimum atomic E-state index is -1.26. The fourth-order valence-corrected chi connectivity index (χ4v) is 2.49. The summed E-state index contributed by atoms with van der Waals surface area (Å²) in [6.45, 7) is 9.14. The highest BCUT2D eigenvalue weighted by atomic mass is 16.6. The maximum atomic E-state index is 9.55. The first kappa shape index (κ1) is 23.4. The standard InChI is InChI=1S/C16H26N2O2.C4H4O4/c1-5-9-19-16-14(10-12(2)3)17-15(20-16)13-7-6-8-18(4)11-13;5-3(6)1-2-4(7)8/h7,12H,5-6,8-11H2,1-4H3;1-2H,(H,5,6)(H,7,8)/b;2-1-. The van der Waals surface area contributed by atoms with Crippen molar-refractivity contribution in [1.82, 2.24) is 9.88 Å². The van der Waals surface area contributed by atoms with Gasteiger partial charge in [0.15, 0.2) is 0 Å². The SMILES string of the molecule is CCCOc1oc(C2=CCCN(C)C2)nc1CC(C)C.O=C(O)/C=C\C(=O)O. The lowest BCUT2D eigenvalue weighted by molar-refractivity contribution is -0.134. The number of ether oxygens (including phenoxy) is 1. The van der Waals surface area contributed by atoms with Crippen LogP contribution in [-0.2, 0) is 16.0 Å². The molecule has 0 fully saturated rings. The van der Waals surface area contributed by atoms with E-state index in [1.165, 1.54) is 5.57 Å². The summed E-state index contributed by atoms with van der Waals surface area (Å²) in [5, 5.41) is 15.6. The van der Waals surface area contributed by atoms with Crippen LogP contribution < -0.4 is 4.74 Å². The molecule has 2 heterocycles. The molecule has 0 spiro atoms. The lowest BCUT2D eigenvalue weighted by Crippen LogP contribution is -2.25. The number of carboxylic acids is 2. The molecule has 0 radical (unpaired) electrons. The Morgan fingerprint density at radius 3 is 2.46 bits per heavy atom. The summed E-state index contributed by atoms with van der Waals surface area (Å²) < 4.78 is 11.6. The molecule has 156 valence electrons. The van der Waals surface area contributed by atoms with E-state index < -0.39 is 11.9 Å². The summed E-state index contributed by atoms with van der Waals surface area (Å²) in [6.07, 6.45) is 6.27. The van der Waals surface area contributed by atoms with Crippen molar-refractivity contribution in [3.63, 3.8) is 0 Å². The van der Waals surface area contributed by atoms with Gasteiger partial charge in [-0.15, -0.1) is 0 Å². The molecular formula is C20H30N2O6. The Bertz CT molecular complexity index is 690. The molecule has 0 amide bonds. The monoisotopic (exact) mass is 394 g/mol. The quantitative estimate of drug-likeness (QED) is 0.647. The number of carbonyl (C=O) groups is 2. The summed E-state index contributed by atoms with van der Waals surface area (Å²) in [7, 11) is 2.12. The molecule has 0 unspecified atom stereocenters. The van der Waals surface area contributed by atoms with Crippen LogP contribution in [0.3, 0.4) is 0 Å². The molecule has 0 bridgehead atoms. The van der Waals surface area contributed by atoms with Crippen molar-refractivity contribution in [2.45, 2.75) is 40.0 Å². The molecule has 0 aliphatic carbocycles. The number of nitrogens with zero attached hydrogens (tertiary/aromatic N) is 2. The van der Waals surface area contributed by atoms with Crippen LogP contribution in [0.15, 0.2) is 22.6 Å². The Balaban J connectivity index is 0.000000416. The molecule has 28 heavy (non-hydrogen) atoms. The number of hydrogen-bond acceptors (Lipinski definition) is 6. The van der Waals surface area contributed by atoms with Gasteiger partial charge in [-0.2, -0.15) is 0 Å². The lowest BCUT2D eigenvalue weighted by atomic mass is 10.1. The number of hydrogen-bond donors (Lipinski definition) is 2. The van der Waals surface area contributed by atoms with Gasteiger partial charge in [-0.25, -0.2) is 14.6 Å². The van der Waals surface area contributed by atoms with Crippen LogP contribution in [0.1, 0.15) is 45.2 Å². The summed E-state index contributed by atoms with van der Waals surface area (Å²) in [4.78, 5) is 26.1. The summed E-state index contributed by atoms with van der Waals surface area (Å²) in [6, 6.07) is 0. The van der Waals surface area contributed by atoms with E-state index in [1.54, 1.807) is 0 Å². The van der Waals surface area contributed by atoms with Crippen LogP contribution in [0.5, 0.6) is 5.95 Å². The third kappa shape index (κ3) is 8.85. The molecule has 0 aromatic carbocycles. The van der Waals surface area contributed by atoms with Crippen LogP contribution in [0.2, 0.25) is 0 Å². The van der Waals surface area contributed by atoms with Gasteiger partial charge in [-0.3, -0.25) is 0 Å². The van der Waals surface area contributed by atoms with Crippen molar-refractivity contribution in [2.24, 2.45) is 5.92 Å². The zero-order chi connectivity index (χ0) is 21.1. The second-order valence-electron chi connectivity index (χ2n) is 6.97. The van der Waals surface area contributed by atoms with E-state index in [0.29, 0.717) is 30.6 Å². The van der Waals surface area contributed by atoms with E-state index in [1.807, 2.05) is 0 Å². The van der Waals surface area contributed by atoms with Crippen LogP contribution in [-0.4, -0.2) is 58.8 Å². The Kier molecular flexibility index (Phi) is 10.0. The zero-order valence-corrected chi connectivity index (χ0v) is 17.0. The molecule has 1 aliphatic heterocycles. The maximum absolute atomic E-state index is 9.55. The van der Waals surface area contributed by atoms with Gasteiger partial charge in [0.1, 0.15) is 5.69 Å². The second-order valence-corrected chi connectivity index (χ2v) is 6.97.